The molecule has 0 saturated carbocycles. The number of hydrogen-bond donors (Lipinski definition) is 0. The molecule has 1 unspecified atom stereocenters. The van der Waals surface area contributed by atoms with Crippen LogP contribution in [0.15, 0.2) is 24.7 Å². The molecule has 25 heavy (non-hydrogen) atoms. The topological polar surface area (TPSA) is 81.0 Å². The van der Waals surface area contributed by atoms with Crippen molar-refractivity contribution >= 4 is 12.4 Å². The molecular weight excluding hydrogens is 315 g/mol. The first-order chi connectivity index (χ1) is 12.2. The fraction of sp³-hybridized carbons (Fsp3) is 0.412. The first-order valence-electron chi connectivity index (χ1n) is 8.51. The molecule has 0 bridgehead atoms. The number of aromatic nitrogens is 5. The predicted molar refractivity (Wildman–Crippen MR) is 94.7 cm³/mol. The summed E-state index contributed by atoms with van der Waals surface area (Å²) in [4.78, 5) is 4.90. The van der Waals surface area contributed by atoms with Crippen molar-refractivity contribution in [1.82, 2.24) is 24.4 Å². The standard InChI is InChI=1S/C17H19BN6O/c1-23-10-13(8-20-23)14-9-21-24-16(25-2)6-15(22-17(14)24)12-4-3-5-18(7-12)11-19/h6,8-10,12H,3-5,7H2,1-2H3. The molecule has 1 saturated heterocycles. The van der Waals surface area contributed by atoms with E-state index in [2.05, 4.69) is 16.2 Å². The zero-order valence-corrected chi connectivity index (χ0v) is 14.4. The third kappa shape index (κ3) is 2.76. The second kappa shape index (κ2) is 6.24. The molecule has 0 radical (unpaired) electrons. The highest BCUT2D eigenvalue weighted by atomic mass is 16.5. The summed E-state index contributed by atoms with van der Waals surface area (Å²) in [5, 5.41) is 17.9. The zero-order chi connectivity index (χ0) is 17.4. The van der Waals surface area contributed by atoms with Gasteiger partial charge in [-0.2, -0.15) is 14.7 Å². The summed E-state index contributed by atoms with van der Waals surface area (Å²) >= 11 is 0. The average molecular weight is 334 g/mol. The van der Waals surface area contributed by atoms with E-state index >= 15 is 0 Å². The van der Waals surface area contributed by atoms with Crippen LogP contribution < -0.4 is 4.74 Å². The van der Waals surface area contributed by atoms with Crippen LogP contribution in [0.3, 0.4) is 0 Å². The smallest absolute Gasteiger partial charge is 0.268 e. The lowest BCUT2D eigenvalue weighted by atomic mass is 9.41. The van der Waals surface area contributed by atoms with Crippen LogP contribution in [0.1, 0.15) is 24.5 Å². The van der Waals surface area contributed by atoms with Gasteiger partial charge in [-0.05, 0) is 12.3 Å². The molecule has 7 nitrogen and oxygen atoms in total. The van der Waals surface area contributed by atoms with Crippen LogP contribution in [0.2, 0.25) is 12.6 Å². The fourth-order valence-corrected chi connectivity index (χ4v) is 3.65. The minimum Gasteiger partial charge on any atom is -0.481 e. The molecule has 3 aromatic heterocycles. The van der Waals surface area contributed by atoms with Crippen LogP contribution in [0.5, 0.6) is 5.88 Å². The SMILES string of the molecule is COc1cc(C2CCCB(C#N)C2)nc2c(-c3cnn(C)c3)cnn12. The number of nitrogens with zero attached hydrogens (tertiary/aromatic N) is 6. The predicted octanol–water partition coefficient (Wildman–Crippen LogP) is 2.57. The first-order valence-corrected chi connectivity index (χ1v) is 8.51. The zero-order valence-electron chi connectivity index (χ0n) is 14.4. The van der Waals surface area contributed by atoms with Gasteiger partial charge in [-0.3, -0.25) is 4.68 Å². The van der Waals surface area contributed by atoms with Crippen molar-refractivity contribution in [3.63, 3.8) is 0 Å². The Bertz CT molecular complexity index is 956. The number of hydrogen-bond acceptors (Lipinski definition) is 5. The summed E-state index contributed by atoms with van der Waals surface area (Å²) in [6.07, 6.45) is 9.52. The molecule has 1 aliphatic rings. The summed E-state index contributed by atoms with van der Waals surface area (Å²) in [6, 6.07) is 1.96. The van der Waals surface area contributed by atoms with E-state index < -0.39 is 0 Å². The molecule has 1 atom stereocenters. The maximum Gasteiger partial charge on any atom is 0.268 e. The number of methoxy groups -OCH3 is 1. The Hall–Kier alpha value is -2.82. The van der Waals surface area contributed by atoms with Crippen LogP contribution in [0, 0.1) is 11.2 Å². The number of fused-ring (bicyclic) bond motifs is 1. The van der Waals surface area contributed by atoms with Gasteiger partial charge in [0.1, 0.15) is 0 Å². The Balaban J connectivity index is 1.82. The summed E-state index contributed by atoms with van der Waals surface area (Å²) in [7, 11) is 3.53. The number of aryl methyl sites for hydroxylation is 1. The van der Waals surface area contributed by atoms with E-state index in [4.69, 9.17) is 9.72 Å². The van der Waals surface area contributed by atoms with Gasteiger partial charge in [0.05, 0.1) is 25.2 Å². The highest BCUT2D eigenvalue weighted by Crippen LogP contribution is 2.35. The van der Waals surface area contributed by atoms with Crippen molar-refractivity contribution in [2.75, 3.05) is 7.11 Å². The van der Waals surface area contributed by atoms with E-state index in [-0.39, 0.29) is 12.6 Å². The van der Waals surface area contributed by atoms with Crippen molar-refractivity contribution in [3.8, 4) is 23.0 Å². The Morgan fingerprint density at radius 3 is 2.96 bits per heavy atom. The van der Waals surface area contributed by atoms with Gasteiger partial charge in [0.2, 0.25) is 5.88 Å². The normalized spacial score (nSPS) is 17.6. The van der Waals surface area contributed by atoms with E-state index in [0.717, 1.165) is 47.9 Å². The quantitative estimate of drug-likeness (QED) is 0.688. The molecule has 8 heteroatoms. The molecule has 4 rings (SSSR count). The van der Waals surface area contributed by atoms with Crippen LogP contribution >= 0.6 is 0 Å². The summed E-state index contributed by atoms with van der Waals surface area (Å²) in [5.74, 6) is 3.36. The minimum absolute atomic E-state index is 0.116. The maximum absolute atomic E-state index is 9.27. The van der Waals surface area contributed by atoms with E-state index in [0.29, 0.717) is 5.88 Å². The molecule has 4 heterocycles. The fourth-order valence-electron chi connectivity index (χ4n) is 3.65. The van der Waals surface area contributed by atoms with E-state index in [1.165, 1.54) is 0 Å². The number of ether oxygens (including phenoxy) is 1. The highest BCUT2D eigenvalue weighted by Gasteiger charge is 2.28. The molecular formula is C17H19BN6O. The van der Waals surface area contributed by atoms with Gasteiger partial charge in [0, 0.05) is 36.4 Å². The molecule has 3 aromatic rings. The van der Waals surface area contributed by atoms with Crippen molar-refractivity contribution in [1.29, 1.82) is 5.26 Å². The van der Waals surface area contributed by atoms with E-state index in [1.807, 2.05) is 25.5 Å². The van der Waals surface area contributed by atoms with E-state index in [9.17, 15) is 5.26 Å². The molecule has 0 aliphatic carbocycles. The van der Waals surface area contributed by atoms with Crippen LogP contribution in [0.25, 0.3) is 16.8 Å². The molecule has 0 amide bonds. The Morgan fingerprint density at radius 1 is 1.36 bits per heavy atom. The van der Waals surface area contributed by atoms with Crippen LogP contribution in [-0.2, 0) is 7.05 Å². The monoisotopic (exact) mass is 334 g/mol. The van der Waals surface area contributed by atoms with Crippen LogP contribution in [0.4, 0.5) is 0 Å². The lowest BCUT2D eigenvalue weighted by molar-refractivity contribution is 0.383. The molecule has 126 valence electrons. The molecule has 1 aliphatic heterocycles. The van der Waals surface area contributed by atoms with E-state index in [1.54, 1.807) is 22.5 Å². The Morgan fingerprint density at radius 2 is 2.24 bits per heavy atom. The highest BCUT2D eigenvalue weighted by molar-refractivity contribution is 6.67. The minimum atomic E-state index is 0.116. The maximum atomic E-state index is 9.27. The first kappa shape index (κ1) is 15.7. The second-order valence-corrected chi connectivity index (χ2v) is 6.61. The van der Waals surface area contributed by atoms with Gasteiger partial charge in [-0.25, -0.2) is 10.2 Å². The van der Waals surface area contributed by atoms with Gasteiger partial charge in [0.25, 0.3) is 6.71 Å². The lowest BCUT2D eigenvalue weighted by Gasteiger charge is -2.23. The van der Waals surface area contributed by atoms with Gasteiger partial charge in [0.15, 0.2) is 5.65 Å². The third-order valence-electron chi connectivity index (χ3n) is 4.96. The molecule has 0 aromatic carbocycles. The summed E-state index contributed by atoms with van der Waals surface area (Å²) in [5.41, 5.74) is 3.65. The van der Waals surface area contributed by atoms with Crippen molar-refractivity contribution in [2.24, 2.45) is 7.05 Å². The Labute approximate surface area is 146 Å². The van der Waals surface area contributed by atoms with Gasteiger partial charge < -0.3 is 4.74 Å². The molecule has 0 spiro atoms. The number of nitriles is 1. The van der Waals surface area contributed by atoms with Gasteiger partial charge in [-0.15, -0.1) is 0 Å². The van der Waals surface area contributed by atoms with Gasteiger partial charge >= 0.3 is 0 Å². The largest absolute Gasteiger partial charge is 0.481 e. The van der Waals surface area contributed by atoms with Crippen molar-refractivity contribution < 1.29 is 4.74 Å². The van der Waals surface area contributed by atoms with Crippen molar-refractivity contribution in [3.05, 3.63) is 30.4 Å². The summed E-state index contributed by atoms with van der Waals surface area (Å²) < 4.78 is 9.02. The summed E-state index contributed by atoms with van der Waals surface area (Å²) in [6.45, 7) is 0.116. The third-order valence-corrected chi connectivity index (χ3v) is 4.96. The number of rotatable bonds is 3. The second-order valence-electron chi connectivity index (χ2n) is 6.61. The van der Waals surface area contributed by atoms with Crippen molar-refractivity contribution in [2.45, 2.75) is 31.4 Å². The van der Waals surface area contributed by atoms with Crippen LogP contribution in [-0.4, -0.2) is 38.2 Å². The Kier molecular flexibility index (Phi) is 3.92. The molecule has 0 N–H and O–H groups in total. The average Bonchev–Trinajstić information content (AvgIpc) is 3.26. The lowest BCUT2D eigenvalue weighted by Crippen LogP contribution is -2.21. The van der Waals surface area contributed by atoms with Gasteiger partial charge in [-0.1, -0.05) is 19.1 Å². The molecule has 1 fully saturated rings.